The Bertz CT molecular complexity index is 2920. The van der Waals surface area contributed by atoms with Crippen molar-refractivity contribution in [1.29, 1.82) is 0 Å². The molecule has 0 saturated carbocycles. The molecule has 292 valence electrons. The van der Waals surface area contributed by atoms with Crippen LogP contribution in [0.2, 0.25) is 0 Å². The number of carboxylic acids is 4. The SMILES string of the molecule is O=C(O)c1cccc(C2=c3ccc([nH]3)=C(c3cccc(C(=O)O)c3)c3ccc([nH]3)C(c3cccc(C(=O)O)c3)=c3ccc([nH]3)=C(c3cccc(C(=O)O)c3)c3ccc2[nH]3)c1. The van der Waals surface area contributed by atoms with E-state index in [2.05, 4.69) is 19.9 Å². The van der Waals surface area contributed by atoms with Gasteiger partial charge in [-0.05, 0) is 119 Å². The molecule has 0 atom stereocenters. The van der Waals surface area contributed by atoms with E-state index in [0.29, 0.717) is 88.7 Å². The normalized spacial score (nSPS) is 12.4. The molecule has 5 heterocycles. The summed E-state index contributed by atoms with van der Waals surface area (Å²) in [6.07, 6.45) is 0. The molecule has 4 aromatic carbocycles. The minimum Gasteiger partial charge on any atom is -0.478 e. The average molecular weight is 793 g/mol. The Kier molecular flexibility index (Phi) is 9.06. The summed E-state index contributed by atoms with van der Waals surface area (Å²) < 4.78 is 0. The van der Waals surface area contributed by atoms with Crippen LogP contribution < -0.4 is 21.4 Å². The fourth-order valence-electron chi connectivity index (χ4n) is 7.80. The van der Waals surface area contributed by atoms with E-state index in [-0.39, 0.29) is 22.3 Å². The van der Waals surface area contributed by atoms with E-state index in [1.54, 1.807) is 48.5 Å². The molecule has 1 aliphatic heterocycles. The van der Waals surface area contributed by atoms with Gasteiger partial charge in [0.15, 0.2) is 0 Å². The average Bonchev–Trinajstić information content (AvgIpc) is 4.09. The molecule has 1 aliphatic rings. The van der Waals surface area contributed by atoms with Gasteiger partial charge < -0.3 is 40.4 Å². The summed E-state index contributed by atoms with van der Waals surface area (Å²) in [5.74, 6) is -4.37. The molecular weight excluding hydrogens is 761 g/mol. The molecular formula is C48H32N4O8. The van der Waals surface area contributed by atoms with Crippen LogP contribution >= 0.6 is 0 Å². The highest BCUT2D eigenvalue weighted by Gasteiger charge is 2.20. The van der Waals surface area contributed by atoms with E-state index in [1.165, 1.54) is 24.3 Å². The Hall–Kier alpha value is -8.64. The van der Waals surface area contributed by atoms with Gasteiger partial charge >= 0.3 is 23.9 Å². The molecule has 0 radical (unpaired) electrons. The van der Waals surface area contributed by atoms with Crippen LogP contribution in [0.15, 0.2) is 146 Å². The predicted octanol–water partition coefficient (Wildman–Crippen LogP) is 5.09. The van der Waals surface area contributed by atoms with Gasteiger partial charge in [0.05, 0.1) is 22.3 Å². The summed E-state index contributed by atoms with van der Waals surface area (Å²) in [5, 5.41) is 42.4. The van der Waals surface area contributed by atoms with Crippen LogP contribution in [-0.2, 0) is 0 Å². The van der Waals surface area contributed by atoms with Crippen molar-refractivity contribution in [1.82, 2.24) is 19.9 Å². The lowest BCUT2D eigenvalue weighted by Gasteiger charge is -2.11. The molecule has 0 aliphatic carbocycles. The van der Waals surface area contributed by atoms with Crippen LogP contribution in [0.25, 0.3) is 22.3 Å². The highest BCUT2D eigenvalue weighted by molar-refractivity contribution is 5.93. The molecule has 0 saturated heterocycles. The second kappa shape index (κ2) is 14.7. The zero-order valence-corrected chi connectivity index (χ0v) is 31.3. The van der Waals surface area contributed by atoms with Gasteiger partial charge in [0, 0.05) is 66.5 Å². The molecule has 0 unspecified atom stereocenters. The van der Waals surface area contributed by atoms with Crippen molar-refractivity contribution < 1.29 is 39.6 Å². The summed E-state index contributed by atoms with van der Waals surface area (Å²) >= 11 is 0. The van der Waals surface area contributed by atoms with Crippen LogP contribution in [0.5, 0.6) is 0 Å². The lowest BCUT2D eigenvalue weighted by Crippen LogP contribution is -2.19. The smallest absolute Gasteiger partial charge is 0.335 e. The second-order valence-corrected chi connectivity index (χ2v) is 14.2. The number of hydrogen-bond acceptors (Lipinski definition) is 4. The molecule has 60 heavy (non-hydrogen) atoms. The number of nitrogens with one attached hydrogen (secondary N) is 4. The third-order valence-electron chi connectivity index (χ3n) is 10.5. The van der Waals surface area contributed by atoms with E-state index >= 15 is 0 Å². The summed E-state index contributed by atoms with van der Waals surface area (Å²) in [5.41, 5.74) is 7.68. The Morgan fingerprint density at radius 3 is 0.750 bits per heavy atom. The number of carbonyl (C=O) groups is 4. The van der Waals surface area contributed by atoms with Gasteiger partial charge in [0.25, 0.3) is 0 Å². The molecule has 0 amide bonds. The van der Waals surface area contributed by atoms with Crippen molar-refractivity contribution in [3.05, 3.63) is 234 Å². The number of benzene rings is 4. The summed E-state index contributed by atoms with van der Waals surface area (Å²) in [6.45, 7) is 0. The second-order valence-electron chi connectivity index (χ2n) is 14.2. The molecule has 8 bridgehead atoms. The largest absolute Gasteiger partial charge is 0.478 e. The van der Waals surface area contributed by atoms with Crippen LogP contribution in [0.3, 0.4) is 0 Å². The van der Waals surface area contributed by atoms with Gasteiger partial charge in [-0.3, -0.25) is 0 Å². The first kappa shape index (κ1) is 37.0. The lowest BCUT2D eigenvalue weighted by molar-refractivity contribution is 0.0686. The van der Waals surface area contributed by atoms with Crippen molar-refractivity contribution >= 4 is 46.2 Å². The summed E-state index contributed by atoms with van der Waals surface area (Å²) in [4.78, 5) is 63.0. The Balaban J connectivity index is 1.44. The Labute approximate surface area is 339 Å². The minimum absolute atomic E-state index is 0.0833. The van der Waals surface area contributed by atoms with Gasteiger partial charge in [-0.1, -0.05) is 48.5 Å². The van der Waals surface area contributed by atoms with Crippen molar-refractivity contribution in [2.75, 3.05) is 0 Å². The summed E-state index contributed by atoms with van der Waals surface area (Å²) in [7, 11) is 0. The predicted molar refractivity (Wildman–Crippen MR) is 222 cm³/mol. The number of hydrogen-bond donors (Lipinski definition) is 8. The van der Waals surface area contributed by atoms with Crippen molar-refractivity contribution in [3.8, 4) is 0 Å². The molecule has 0 spiro atoms. The van der Waals surface area contributed by atoms with Crippen LogP contribution in [0, 0.1) is 0 Å². The molecule has 4 aromatic heterocycles. The van der Waals surface area contributed by atoms with Crippen LogP contribution in [0.1, 0.15) is 86.5 Å². The highest BCUT2D eigenvalue weighted by Crippen LogP contribution is 2.29. The van der Waals surface area contributed by atoms with Gasteiger partial charge in [0.2, 0.25) is 0 Å². The third-order valence-corrected chi connectivity index (χ3v) is 10.5. The minimum atomic E-state index is -1.09. The number of H-pyrrole nitrogens is 4. The first-order valence-electron chi connectivity index (χ1n) is 18.6. The lowest BCUT2D eigenvalue weighted by atomic mass is 10.00. The van der Waals surface area contributed by atoms with Gasteiger partial charge in [-0.15, -0.1) is 0 Å². The third kappa shape index (κ3) is 6.69. The maximum absolute atomic E-state index is 12.2. The number of aromatic nitrogens is 4. The van der Waals surface area contributed by atoms with E-state index in [9.17, 15) is 39.6 Å². The van der Waals surface area contributed by atoms with Crippen LogP contribution in [-0.4, -0.2) is 64.2 Å². The highest BCUT2D eigenvalue weighted by atomic mass is 16.4. The van der Waals surface area contributed by atoms with E-state index in [1.807, 2.05) is 72.8 Å². The molecule has 8 aromatic rings. The molecule has 9 rings (SSSR count). The molecule has 8 N–H and O–H groups in total. The fourth-order valence-corrected chi connectivity index (χ4v) is 7.80. The van der Waals surface area contributed by atoms with E-state index < -0.39 is 23.9 Å². The number of fused-ring (bicyclic) bond motifs is 8. The molecule has 0 fully saturated rings. The van der Waals surface area contributed by atoms with Gasteiger partial charge in [-0.2, -0.15) is 0 Å². The molecule has 12 nitrogen and oxygen atoms in total. The summed E-state index contributed by atoms with van der Waals surface area (Å²) in [6, 6.07) is 41.3. The maximum atomic E-state index is 12.2. The van der Waals surface area contributed by atoms with Crippen molar-refractivity contribution in [3.63, 3.8) is 0 Å². The first-order valence-corrected chi connectivity index (χ1v) is 18.6. The van der Waals surface area contributed by atoms with E-state index in [4.69, 9.17) is 0 Å². The first-order chi connectivity index (χ1) is 29.0. The monoisotopic (exact) mass is 792 g/mol. The topological polar surface area (TPSA) is 212 Å². The van der Waals surface area contributed by atoms with Gasteiger partial charge in [-0.25, -0.2) is 19.2 Å². The van der Waals surface area contributed by atoms with Crippen molar-refractivity contribution in [2.24, 2.45) is 0 Å². The standard InChI is InChI=1S/C48H32N4O8/c53-45(54)29-9-1-5-25(21-29)41-33-13-15-35(49-33)42(26-6-2-10-30(22-26)46(55)56)37-17-19-39(51-37)44(28-8-4-12-32(24-28)48(59)60)40-20-18-38(52-40)43(36-16-14-34(41)50-36)27-7-3-11-31(23-27)47(57)58/h1-24,49-52H,(H,53,54)(H,55,56)(H,57,58)(H,59,60). The Morgan fingerprint density at radius 1 is 0.300 bits per heavy atom. The van der Waals surface area contributed by atoms with E-state index in [0.717, 1.165) is 0 Å². The number of aromatic amines is 4. The molecule has 12 heteroatoms. The maximum Gasteiger partial charge on any atom is 0.335 e. The zero-order valence-electron chi connectivity index (χ0n) is 31.3. The van der Waals surface area contributed by atoms with Crippen molar-refractivity contribution in [2.45, 2.75) is 0 Å². The number of rotatable bonds is 8. The quantitative estimate of drug-likeness (QED) is 0.104. The number of carboxylic acid groups (broad SMARTS) is 4. The zero-order chi connectivity index (χ0) is 41.7. The number of aromatic carboxylic acids is 4. The Morgan fingerprint density at radius 2 is 0.533 bits per heavy atom. The van der Waals surface area contributed by atoms with Gasteiger partial charge in [0.1, 0.15) is 0 Å². The van der Waals surface area contributed by atoms with Crippen LogP contribution in [0.4, 0.5) is 0 Å². The fraction of sp³-hybridized carbons (Fsp3) is 0.